The fourth-order valence-corrected chi connectivity index (χ4v) is 5.48. The Labute approximate surface area is 245 Å². The fraction of sp³-hybridized carbons (Fsp3) is 0.286. The SMILES string of the molecule is COc1ccc(Cn2nnnc2-c2c(-c3ccc(C4CCNCC4)cc3)cccc2S(N)(=O)=O)cc1.O=C(O)C(F)(F)F. The van der Waals surface area contributed by atoms with Gasteiger partial charge < -0.3 is 15.2 Å². The van der Waals surface area contributed by atoms with Crippen molar-refractivity contribution in [1.82, 2.24) is 25.5 Å². The van der Waals surface area contributed by atoms with Crippen LogP contribution in [0.25, 0.3) is 22.5 Å². The third-order valence-electron chi connectivity index (χ3n) is 6.85. The van der Waals surface area contributed by atoms with Gasteiger partial charge in [-0.05, 0) is 82.7 Å². The molecule has 11 nitrogen and oxygen atoms in total. The van der Waals surface area contributed by atoms with Crippen LogP contribution in [0.5, 0.6) is 5.75 Å². The lowest BCUT2D eigenvalue weighted by atomic mass is 9.89. The van der Waals surface area contributed by atoms with Gasteiger partial charge in [0.2, 0.25) is 10.0 Å². The van der Waals surface area contributed by atoms with Crippen molar-refractivity contribution < 1.29 is 36.2 Å². The molecule has 1 aliphatic heterocycles. The number of tetrazole rings is 1. The number of rotatable bonds is 7. The number of methoxy groups -OCH3 is 1. The third kappa shape index (κ3) is 7.94. The van der Waals surface area contributed by atoms with Crippen LogP contribution in [0.1, 0.15) is 29.9 Å². The number of aliphatic carboxylic acids is 1. The van der Waals surface area contributed by atoms with Gasteiger partial charge in [0, 0.05) is 5.56 Å². The Hall–Kier alpha value is -4.34. The molecule has 4 N–H and O–H groups in total. The molecular weight excluding hydrogens is 589 g/mol. The van der Waals surface area contributed by atoms with E-state index in [-0.39, 0.29) is 4.90 Å². The van der Waals surface area contributed by atoms with Crippen LogP contribution in [-0.2, 0) is 21.4 Å². The number of nitrogens with two attached hydrogens (primary N) is 1. The smallest absolute Gasteiger partial charge is 0.490 e. The number of carboxylic acids is 1. The summed E-state index contributed by atoms with van der Waals surface area (Å²) in [6, 6.07) is 20.9. The van der Waals surface area contributed by atoms with Gasteiger partial charge in [-0.15, -0.1) is 5.10 Å². The van der Waals surface area contributed by atoms with E-state index in [1.165, 1.54) is 11.6 Å². The van der Waals surface area contributed by atoms with Gasteiger partial charge in [0.1, 0.15) is 5.75 Å². The summed E-state index contributed by atoms with van der Waals surface area (Å²) in [6.07, 6.45) is -2.88. The first kappa shape index (κ1) is 31.6. The predicted octanol–water partition coefficient (Wildman–Crippen LogP) is 3.81. The van der Waals surface area contributed by atoms with E-state index >= 15 is 0 Å². The number of alkyl halides is 3. The second-order valence-corrected chi connectivity index (χ2v) is 11.2. The molecule has 0 unspecified atom stereocenters. The number of primary sulfonamides is 1. The number of nitrogens with zero attached hydrogens (tertiary/aromatic N) is 4. The number of sulfonamides is 1. The summed E-state index contributed by atoms with van der Waals surface area (Å²) in [5, 5.41) is 28.4. The Bertz CT molecular complexity index is 1650. The maximum absolute atomic E-state index is 12.6. The molecule has 15 heteroatoms. The minimum atomic E-state index is -5.08. The summed E-state index contributed by atoms with van der Waals surface area (Å²) in [4.78, 5) is 8.88. The van der Waals surface area contributed by atoms with E-state index in [9.17, 15) is 21.6 Å². The molecule has 1 aliphatic rings. The molecule has 2 heterocycles. The van der Waals surface area contributed by atoms with Crippen LogP contribution in [0.3, 0.4) is 0 Å². The van der Waals surface area contributed by atoms with E-state index in [0.29, 0.717) is 29.4 Å². The molecule has 0 atom stereocenters. The lowest BCUT2D eigenvalue weighted by Crippen LogP contribution is -2.26. The van der Waals surface area contributed by atoms with Crippen LogP contribution >= 0.6 is 0 Å². The first-order chi connectivity index (χ1) is 20.4. The number of piperidine rings is 1. The van der Waals surface area contributed by atoms with Crippen molar-refractivity contribution in [2.24, 2.45) is 5.14 Å². The predicted molar refractivity (Wildman–Crippen MR) is 151 cm³/mol. The Balaban J connectivity index is 0.000000541. The van der Waals surface area contributed by atoms with E-state index in [0.717, 1.165) is 42.8 Å². The summed E-state index contributed by atoms with van der Waals surface area (Å²) in [5.74, 6) is -1.17. The van der Waals surface area contributed by atoms with Crippen molar-refractivity contribution >= 4 is 16.0 Å². The van der Waals surface area contributed by atoms with E-state index in [2.05, 4.69) is 33.0 Å². The quantitative estimate of drug-likeness (QED) is 0.280. The summed E-state index contributed by atoms with van der Waals surface area (Å²) in [7, 11) is -2.44. The highest BCUT2D eigenvalue weighted by Gasteiger charge is 2.38. The maximum Gasteiger partial charge on any atom is 0.490 e. The van der Waals surface area contributed by atoms with Crippen LogP contribution < -0.4 is 15.2 Å². The van der Waals surface area contributed by atoms with Crippen LogP contribution in [0.15, 0.2) is 71.6 Å². The Morgan fingerprint density at radius 1 is 1.07 bits per heavy atom. The minimum Gasteiger partial charge on any atom is -0.497 e. The van der Waals surface area contributed by atoms with Crippen LogP contribution in [0.4, 0.5) is 13.2 Å². The van der Waals surface area contributed by atoms with Crippen LogP contribution in [0.2, 0.25) is 0 Å². The molecule has 0 amide bonds. The van der Waals surface area contributed by atoms with E-state index in [1.54, 1.807) is 17.9 Å². The molecule has 0 aliphatic carbocycles. The number of halogens is 3. The van der Waals surface area contributed by atoms with Crippen molar-refractivity contribution in [3.05, 3.63) is 77.9 Å². The number of aromatic nitrogens is 4. The molecule has 4 aromatic rings. The monoisotopic (exact) mass is 618 g/mol. The average molecular weight is 619 g/mol. The zero-order valence-electron chi connectivity index (χ0n) is 23.0. The lowest BCUT2D eigenvalue weighted by Gasteiger charge is -2.23. The van der Waals surface area contributed by atoms with Gasteiger partial charge in [-0.1, -0.05) is 48.5 Å². The van der Waals surface area contributed by atoms with Crippen LogP contribution in [0, 0.1) is 0 Å². The number of hydrogen-bond donors (Lipinski definition) is 3. The highest BCUT2D eigenvalue weighted by Crippen LogP contribution is 2.37. The van der Waals surface area contributed by atoms with Crippen molar-refractivity contribution in [2.45, 2.75) is 36.4 Å². The Kier molecular flexibility index (Phi) is 9.78. The number of nitrogens with one attached hydrogen (secondary N) is 1. The third-order valence-corrected chi connectivity index (χ3v) is 7.81. The second kappa shape index (κ2) is 13.3. The first-order valence-electron chi connectivity index (χ1n) is 13.0. The van der Waals surface area contributed by atoms with Crippen LogP contribution in [-0.4, -0.2) is 66.1 Å². The molecule has 1 aromatic heterocycles. The summed E-state index contributed by atoms with van der Waals surface area (Å²) < 4.78 is 63.8. The normalized spacial score (nSPS) is 14.1. The average Bonchev–Trinajstić information content (AvgIpc) is 3.45. The van der Waals surface area contributed by atoms with Gasteiger partial charge in [-0.3, -0.25) is 0 Å². The van der Waals surface area contributed by atoms with Crippen molar-refractivity contribution in [3.63, 3.8) is 0 Å². The number of ether oxygens (including phenoxy) is 1. The fourth-order valence-electron chi connectivity index (χ4n) is 4.72. The lowest BCUT2D eigenvalue weighted by molar-refractivity contribution is -0.192. The molecule has 1 fully saturated rings. The van der Waals surface area contributed by atoms with Gasteiger partial charge in [0.25, 0.3) is 0 Å². The summed E-state index contributed by atoms with van der Waals surface area (Å²) in [6.45, 7) is 2.38. The van der Waals surface area contributed by atoms with Gasteiger partial charge >= 0.3 is 12.1 Å². The van der Waals surface area contributed by atoms with E-state index in [4.69, 9.17) is 19.8 Å². The minimum absolute atomic E-state index is 0.0202. The molecule has 3 aromatic carbocycles. The van der Waals surface area contributed by atoms with Gasteiger partial charge in [0.15, 0.2) is 5.82 Å². The molecular formula is C28H29F3N6O5S. The first-order valence-corrected chi connectivity index (χ1v) is 14.6. The topological polar surface area (TPSA) is 162 Å². The van der Waals surface area contributed by atoms with E-state index < -0.39 is 22.2 Å². The van der Waals surface area contributed by atoms with Gasteiger partial charge in [-0.2, -0.15) is 13.2 Å². The van der Waals surface area contributed by atoms with Crippen molar-refractivity contribution in [1.29, 1.82) is 0 Å². The molecule has 1 saturated heterocycles. The molecule has 43 heavy (non-hydrogen) atoms. The molecule has 0 spiro atoms. The number of carbonyl (C=O) groups is 1. The highest BCUT2D eigenvalue weighted by atomic mass is 32.2. The molecule has 0 bridgehead atoms. The van der Waals surface area contributed by atoms with E-state index in [1.807, 2.05) is 42.5 Å². The maximum atomic E-state index is 12.6. The van der Waals surface area contributed by atoms with Gasteiger partial charge in [-0.25, -0.2) is 23.0 Å². The number of benzene rings is 3. The second-order valence-electron chi connectivity index (χ2n) is 9.68. The zero-order chi connectivity index (χ0) is 31.2. The Morgan fingerprint density at radius 2 is 1.70 bits per heavy atom. The van der Waals surface area contributed by atoms with Crippen molar-refractivity contribution in [3.8, 4) is 28.3 Å². The number of carboxylic acid groups (broad SMARTS) is 1. The number of hydrogen-bond acceptors (Lipinski definition) is 8. The molecule has 0 saturated carbocycles. The molecule has 0 radical (unpaired) electrons. The highest BCUT2D eigenvalue weighted by molar-refractivity contribution is 7.89. The standard InChI is InChI=1S/C26H28N6O3S.C2HF3O2/c1-35-22-11-5-18(6-12-22)17-32-26(29-30-31-32)25-23(3-2-4-24(25)36(27,33)34)21-9-7-19(8-10-21)20-13-15-28-16-14-20;3-2(4,5)1(6)7/h2-12,20,28H,13-17H2,1H3,(H2,27,33,34);(H,6,7). The summed E-state index contributed by atoms with van der Waals surface area (Å²) in [5.41, 5.74) is 4.17. The largest absolute Gasteiger partial charge is 0.497 e. The molecule has 228 valence electrons. The summed E-state index contributed by atoms with van der Waals surface area (Å²) >= 11 is 0. The Morgan fingerprint density at radius 3 is 2.26 bits per heavy atom. The van der Waals surface area contributed by atoms with Gasteiger partial charge in [0.05, 0.1) is 18.6 Å². The molecule has 5 rings (SSSR count). The zero-order valence-corrected chi connectivity index (χ0v) is 23.8. The van der Waals surface area contributed by atoms with Crippen molar-refractivity contribution in [2.75, 3.05) is 20.2 Å².